The molecule has 0 spiro atoms. The molecule has 4 nitrogen and oxygen atoms in total. The van der Waals surface area contributed by atoms with Crippen LogP contribution in [0.15, 0.2) is 28.7 Å². The maximum Gasteiger partial charge on any atom is 0.243 e. The summed E-state index contributed by atoms with van der Waals surface area (Å²) in [7, 11) is 0. The van der Waals surface area contributed by atoms with Crippen molar-refractivity contribution >= 4 is 27.7 Å². The minimum Gasteiger partial charge on any atom is -0.350 e. The lowest BCUT2D eigenvalue weighted by Crippen LogP contribution is -2.44. The van der Waals surface area contributed by atoms with Crippen LogP contribution in [0.25, 0.3) is 0 Å². The maximum absolute atomic E-state index is 12.1. The summed E-state index contributed by atoms with van der Waals surface area (Å²) in [4.78, 5) is 25.4. The van der Waals surface area contributed by atoms with Gasteiger partial charge in [-0.1, -0.05) is 34.1 Å². The van der Waals surface area contributed by atoms with Crippen molar-refractivity contribution in [3.63, 3.8) is 0 Å². The molecule has 2 rings (SSSR count). The molecule has 1 atom stereocenters. The van der Waals surface area contributed by atoms with Crippen molar-refractivity contribution in [3.8, 4) is 0 Å². The average molecular weight is 325 g/mol. The normalized spacial score (nSPS) is 18.7. The molecule has 0 bridgehead atoms. The van der Waals surface area contributed by atoms with Gasteiger partial charge in [0.2, 0.25) is 11.8 Å². The number of benzene rings is 1. The summed E-state index contributed by atoms with van der Waals surface area (Å²) in [6.07, 6.45) is 1.09. The Kier molecular flexibility index (Phi) is 4.58. The number of carbonyl (C=O) groups is 2. The summed E-state index contributed by atoms with van der Waals surface area (Å²) < 4.78 is 0.977. The number of hydrogen-bond donors (Lipinski definition) is 1. The smallest absolute Gasteiger partial charge is 0.243 e. The number of likely N-dealkylation sites (N-methyl/N-ethyl adjacent to an activating group) is 1. The summed E-state index contributed by atoms with van der Waals surface area (Å²) in [6, 6.07) is 7.47. The predicted molar refractivity (Wildman–Crippen MR) is 76.4 cm³/mol. The van der Waals surface area contributed by atoms with Crippen LogP contribution in [0.3, 0.4) is 0 Å². The molecular weight excluding hydrogens is 308 g/mol. The predicted octanol–water partition coefficient (Wildman–Crippen LogP) is 2.08. The molecule has 0 unspecified atom stereocenters. The van der Waals surface area contributed by atoms with Crippen LogP contribution in [0.4, 0.5) is 0 Å². The number of nitrogens with one attached hydrogen (secondary N) is 1. The zero-order valence-electron chi connectivity index (χ0n) is 10.9. The summed E-state index contributed by atoms with van der Waals surface area (Å²) in [5, 5.41) is 2.90. The Bertz CT molecular complexity index is 490. The van der Waals surface area contributed by atoms with Crippen molar-refractivity contribution < 1.29 is 9.59 Å². The fraction of sp³-hybridized carbons (Fsp3) is 0.429. The summed E-state index contributed by atoms with van der Waals surface area (Å²) >= 11 is 3.45. The number of hydrogen-bond acceptors (Lipinski definition) is 2. The molecule has 2 amide bonds. The van der Waals surface area contributed by atoms with Gasteiger partial charge in [0.05, 0.1) is 0 Å². The molecule has 1 aromatic carbocycles. The van der Waals surface area contributed by atoms with E-state index in [2.05, 4.69) is 21.2 Å². The second-order valence-corrected chi connectivity index (χ2v) is 5.40. The van der Waals surface area contributed by atoms with E-state index in [1.807, 2.05) is 31.2 Å². The number of carbonyl (C=O) groups excluding carboxylic acids is 2. The van der Waals surface area contributed by atoms with Crippen LogP contribution in [-0.4, -0.2) is 29.3 Å². The van der Waals surface area contributed by atoms with Gasteiger partial charge in [0.25, 0.3) is 0 Å². The van der Waals surface area contributed by atoms with Gasteiger partial charge in [-0.15, -0.1) is 0 Å². The van der Waals surface area contributed by atoms with Gasteiger partial charge in [-0.2, -0.15) is 0 Å². The fourth-order valence-corrected chi connectivity index (χ4v) is 2.77. The van der Waals surface area contributed by atoms with E-state index < -0.39 is 0 Å². The highest BCUT2D eigenvalue weighted by molar-refractivity contribution is 9.10. The first-order chi connectivity index (χ1) is 9.13. The molecule has 1 aliphatic heterocycles. The van der Waals surface area contributed by atoms with Gasteiger partial charge in [0.1, 0.15) is 6.04 Å². The van der Waals surface area contributed by atoms with E-state index >= 15 is 0 Å². The van der Waals surface area contributed by atoms with Crippen LogP contribution >= 0.6 is 15.9 Å². The minimum atomic E-state index is -0.306. The van der Waals surface area contributed by atoms with Gasteiger partial charge < -0.3 is 10.2 Å². The van der Waals surface area contributed by atoms with Gasteiger partial charge in [0, 0.05) is 24.0 Å². The Morgan fingerprint density at radius 3 is 2.89 bits per heavy atom. The lowest BCUT2D eigenvalue weighted by atomic mass is 10.2. The van der Waals surface area contributed by atoms with Gasteiger partial charge in [-0.25, -0.2) is 0 Å². The number of halogens is 1. The van der Waals surface area contributed by atoms with Crippen molar-refractivity contribution in [2.75, 3.05) is 6.54 Å². The van der Waals surface area contributed by atoms with Crippen LogP contribution in [0, 0.1) is 0 Å². The Morgan fingerprint density at radius 2 is 2.21 bits per heavy atom. The fourth-order valence-electron chi connectivity index (χ4n) is 2.34. The van der Waals surface area contributed by atoms with Crippen molar-refractivity contribution in [3.05, 3.63) is 34.3 Å². The Morgan fingerprint density at radius 1 is 1.47 bits per heavy atom. The van der Waals surface area contributed by atoms with E-state index in [0.29, 0.717) is 25.9 Å². The van der Waals surface area contributed by atoms with E-state index in [0.717, 1.165) is 10.0 Å². The largest absolute Gasteiger partial charge is 0.350 e. The molecule has 0 saturated carbocycles. The van der Waals surface area contributed by atoms with Crippen molar-refractivity contribution in [1.29, 1.82) is 0 Å². The molecule has 0 aliphatic carbocycles. The quantitative estimate of drug-likeness (QED) is 0.921. The number of nitrogens with zero attached hydrogens (tertiary/aromatic N) is 1. The van der Waals surface area contributed by atoms with E-state index in [-0.39, 0.29) is 17.9 Å². The molecule has 5 heteroatoms. The third kappa shape index (κ3) is 3.15. The standard InChI is InChI=1S/C14H17BrN2O2/c1-2-17-12(7-8-13(17)18)14(19)16-9-10-5-3-4-6-11(10)15/h3-6,12H,2,7-9H2,1H3,(H,16,19)/t12-/m0/s1. The first kappa shape index (κ1) is 14.1. The Hall–Kier alpha value is -1.36. The first-order valence-corrected chi connectivity index (χ1v) is 7.23. The van der Waals surface area contributed by atoms with Crippen LogP contribution in [0.5, 0.6) is 0 Å². The average Bonchev–Trinajstić information content (AvgIpc) is 2.78. The van der Waals surface area contributed by atoms with E-state index in [4.69, 9.17) is 0 Å². The second kappa shape index (κ2) is 6.19. The van der Waals surface area contributed by atoms with Crippen molar-refractivity contribution in [2.45, 2.75) is 32.4 Å². The van der Waals surface area contributed by atoms with Crippen LogP contribution in [0.2, 0.25) is 0 Å². The lowest BCUT2D eigenvalue weighted by Gasteiger charge is -2.22. The second-order valence-electron chi connectivity index (χ2n) is 4.54. The highest BCUT2D eigenvalue weighted by Crippen LogP contribution is 2.19. The summed E-state index contributed by atoms with van der Waals surface area (Å²) in [6.45, 7) is 2.96. The number of rotatable bonds is 4. The van der Waals surface area contributed by atoms with Crippen LogP contribution < -0.4 is 5.32 Å². The molecule has 1 fully saturated rings. The molecule has 0 radical (unpaired) electrons. The molecule has 19 heavy (non-hydrogen) atoms. The molecule has 1 N–H and O–H groups in total. The van der Waals surface area contributed by atoms with Crippen LogP contribution in [-0.2, 0) is 16.1 Å². The molecule has 102 valence electrons. The summed E-state index contributed by atoms with van der Waals surface area (Å²) in [5.41, 5.74) is 1.03. The molecule has 1 aliphatic rings. The third-order valence-corrected chi connectivity index (χ3v) is 4.16. The molecule has 1 aromatic rings. The number of likely N-dealkylation sites (tertiary alicyclic amines) is 1. The van der Waals surface area contributed by atoms with Gasteiger partial charge >= 0.3 is 0 Å². The first-order valence-electron chi connectivity index (χ1n) is 6.44. The van der Waals surface area contributed by atoms with Gasteiger partial charge in [-0.05, 0) is 25.0 Å². The van der Waals surface area contributed by atoms with E-state index in [9.17, 15) is 9.59 Å². The van der Waals surface area contributed by atoms with Crippen LogP contribution in [0.1, 0.15) is 25.3 Å². The topological polar surface area (TPSA) is 49.4 Å². The van der Waals surface area contributed by atoms with Crippen molar-refractivity contribution in [1.82, 2.24) is 10.2 Å². The van der Waals surface area contributed by atoms with Gasteiger partial charge in [-0.3, -0.25) is 9.59 Å². The monoisotopic (exact) mass is 324 g/mol. The van der Waals surface area contributed by atoms with Gasteiger partial charge in [0.15, 0.2) is 0 Å². The minimum absolute atomic E-state index is 0.0662. The third-order valence-electron chi connectivity index (χ3n) is 3.38. The molecular formula is C14H17BrN2O2. The number of amides is 2. The molecule has 1 heterocycles. The Balaban J connectivity index is 1.95. The Labute approximate surface area is 121 Å². The van der Waals surface area contributed by atoms with Crippen molar-refractivity contribution in [2.24, 2.45) is 0 Å². The van der Waals surface area contributed by atoms with E-state index in [1.165, 1.54) is 0 Å². The van der Waals surface area contributed by atoms with E-state index in [1.54, 1.807) is 4.90 Å². The summed E-state index contributed by atoms with van der Waals surface area (Å²) in [5.74, 6) is 0.00648. The highest BCUT2D eigenvalue weighted by Gasteiger charge is 2.34. The maximum atomic E-state index is 12.1. The lowest BCUT2D eigenvalue weighted by molar-refractivity contribution is -0.135. The SMILES string of the molecule is CCN1C(=O)CC[C@H]1C(=O)NCc1ccccc1Br. The molecule has 1 saturated heterocycles. The zero-order valence-corrected chi connectivity index (χ0v) is 12.4. The highest BCUT2D eigenvalue weighted by atomic mass is 79.9. The zero-order chi connectivity index (χ0) is 13.8. The molecule has 0 aromatic heterocycles.